The highest BCUT2D eigenvalue weighted by Crippen LogP contribution is 2.24. The third-order valence-corrected chi connectivity index (χ3v) is 4.86. The number of urea groups is 1. The van der Waals surface area contributed by atoms with Crippen LogP contribution < -0.4 is 0 Å². The second-order valence-electron chi connectivity index (χ2n) is 6.48. The first-order valence-corrected chi connectivity index (χ1v) is 8.38. The van der Waals surface area contributed by atoms with Crippen molar-refractivity contribution in [3.05, 3.63) is 0 Å². The van der Waals surface area contributed by atoms with Crippen LogP contribution in [0.15, 0.2) is 0 Å². The first-order valence-electron chi connectivity index (χ1n) is 8.38. The number of aliphatic carboxylic acids is 1. The zero-order chi connectivity index (χ0) is 15.2. The average Bonchev–Trinajstić information content (AvgIpc) is 2.73. The SMILES string of the molecule is CCCC1CCCN(C(=O)N2CCC[C@H](C(=O)O)C2)CC1. The summed E-state index contributed by atoms with van der Waals surface area (Å²) in [6, 6.07) is 0.0538. The van der Waals surface area contributed by atoms with Crippen molar-refractivity contribution < 1.29 is 14.7 Å². The van der Waals surface area contributed by atoms with Crippen LogP contribution in [0.1, 0.15) is 51.9 Å². The van der Waals surface area contributed by atoms with Crippen LogP contribution in [0.3, 0.4) is 0 Å². The number of carboxylic acids is 1. The Morgan fingerprint density at radius 2 is 1.76 bits per heavy atom. The van der Waals surface area contributed by atoms with Gasteiger partial charge in [-0.1, -0.05) is 19.8 Å². The molecule has 2 fully saturated rings. The number of hydrogen-bond acceptors (Lipinski definition) is 2. The van der Waals surface area contributed by atoms with Crippen molar-refractivity contribution in [2.75, 3.05) is 26.2 Å². The molecule has 2 saturated heterocycles. The molecule has 2 amide bonds. The molecule has 0 aliphatic carbocycles. The number of piperidine rings is 1. The number of likely N-dealkylation sites (tertiary alicyclic amines) is 2. The van der Waals surface area contributed by atoms with Crippen molar-refractivity contribution >= 4 is 12.0 Å². The predicted octanol–water partition coefficient (Wildman–Crippen LogP) is 2.81. The van der Waals surface area contributed by atoms with Gasteiger partial charge >= 0.3 is 12.0 Å². The summed E-state index contributed by atoms with van der Waals surface area (Å²) < 4.78 is 0. The van der Waals surface area contributed by atoms with E-state index in [1.54, 1.807) is 4.90 Å². The van der Waals surface area contributed by atoms with Crippen molar-refractivity contribution in [2.24, 2.45) is 11.8 Å². The highest BCUT2D eigenvalue weighted by atomic mass is 16.4. The minimum absolute atomic E-state index is 0.0538. The maximum Gasteiger partial charge on any atom is 0.320 e. The van der Waals surface area contributed by atoms with E-state index in [2.05, 4.69) is 6.92 Å². The Bertz CT molecular complexity index is 373. The molecule has 0 bridgehead atoms. The number of carbonyl (C=O) groups excluding carboxylic acids is 1. The quantitative estimate of drug-likeness (QED) is 0.871. The molecule has 0 saturated carbocycles. The topological polar surface area (TPSA) is 60.9 Å². The van der Waals surface area contributed by atoms with Crippen LogP contribution in [0.2, 0.25) is 0 Å². The van der Waals surface area contributed by atoms with Crippen molar-refractivity contribution in [1.82, 2.24) is 9.80 Å². The van der Waals surface area contributed by atoms with E-state index in [4.69, 9.17) is 5.11 Å². The molecular formula is C16H28N2O3. The van der Waals surface area contributed by atoms with E-state index in [9.17, 15) is 9.59 Å². The molecule has 2 aliphatic rings. The van der Waals surface area contributed by atoms with E-state index >= 15 is 0 Å². The second kappa shape index (κ2) is 7.66. The van der Waals surface area contributed by atoms with Gasteiger partial charge in [0.15, 0.2) is 0 Å². The average molecular weight is 296 g/mol. The maximum absolute atomic E-state index is 12.6. The number of rotatable bonds is 3. The lowest BCUT2D eigenvalue weighted by atomic mass is 9.96. The fourth-order valence-corrected chi connectivity index (χ4v) is 3.61. The van der Waals surface area contributed by atoms with Gasteiger partial charge in [0, 0.05) is 26.2 Å². The lowest BCUT2D eigenvalue weighted by Gasteiger charge is -2.34. The smallest absolute Gasteiger partial charge is 0.320 e. The number of carboxylic acid groups (broad SMARTS) is 1. The van der Waals surface area contributed by atoms with E-state index in [1.807, 2.05) is 4.90 Å². The fraction of sp³-hybridized carbons (Fsp3) is 0.875. The van der Waals surface area contributed by atoms with E-state index < -0.39 is 5.97 Å². The highest BCUT2D eigenvalue weighted by Gasteiger charge is 2.31. The van der Waals surface area contributed by atoms with Crippen LogP contribution >= 0.6 is 0 Å². The van der Waals surface area contributed by atoms with E-state index in [1.165, 1.54) is 19.3 Å². The zero-order valence-corrected chi connectivity index (χ0v) is 13.1. The van der Waals surface area contributed by atoms with E-state index in [0.29, 0.717) is 19.5 Å². The minimum Gasteiger partial charge on any atom is -0.481 e. The van der Waals surface area contributed by atoms with Crippen LogP contribution in [-0.4, -0.2) is 53.1 Å². The molecule has 0 radical (unpaired) electrons. The highest BCUT2D eigenvalue weighted by molar-refractivity contribution is 5.76. The van der Waals surface area contributed by atoms with Crippen molar-refractivity contribution in [2.45, 2.75) is 51.9 Å². The molecule has 2 aliphatic heterocycles. The maximum atomic E-state index is 12.6. The summed E-state index contributed by atoms with van der Waals surface area (Å²) in [5.74, 6) is -0.408. The van der Waals surface area contributed by atoms with Gasteiger partial charge in [0.05, 0.1) is 5.92 Å². The summed E-state index contributed by atoms with van der Waals surface area (Å²) in [6.45, 7) is 4.96. The number of nitrogens with zero attached hydrogens (tertiary/aromatic N) is 2. The summed E-state index contributed by atoms with van der Waals surface area (Å²) in [5, 5.41) is 9.14. The normalized spacial score (nSPS) is 27.3. The molecule has 2 heterocycles. The van der Waals surface area contributed by atoms with Gasteiger partial charge in [-0.2, -0.15) is 0 Å². The van der Waals surface area contributed by atoms with Gasteiger partial charge in [-0.25, -0.2) is 4.79 Å². The Labute approximate surface area is 127 Å². The molecule has 0 spiro atoms. The van der Waals surface area contributed by atoms with Crippen molar-refractivity contribution in [3.63, 3.8) is 0 Å². The van der Waals surface area contributed by atoms with Crippen molar-refractivity contribution in [3.8, 4) is 0 Å². The molecular weight excluding hydrogens is 268 g/mol. The van der Waals surface area contributed by atoms with Crippen LogP contribution in [-0.2, 0) is 4.79 Å². The summed E-state index contributed by atoms with van der Waals surface area (Å²) in [7, 11) is 0. The molecule has 0 aromatic rings. The summed E-state index contributed by atoms with van der Waals surface area (Å²) in [5.41, 5.74) is 0. The van der Waals surface area contributed by atoms with E-state index in [0.717, 1.165) is 38.3 Å². The molecule has 5 nitrogen and oxygen atoms in total. The molecule has 21 heavy (non-hydrogen) atoms. The molecule has 1 N–H and O–H groups in total. The van der Waals surface area contributed by atoms with Gasteiger partial charge in [-0.3, -0.25) is 4.79 Å². The minimum atomic E-state index is -0.772. The standard InChI is InChI=1S/C16H28N2O3/c1-2-5-13-6-3-9-17(11-8-13)16(21)18-10-4-7-14(12-18)15(19)20/h13-14H,2-12H2,1H3,(H,19,20)/t13?,14-/m0/s1. The number of hydrogen-bond donors (Lipinski definition) is 1. The Balaban J connectivity index is 1.88. The number of amides is 2. The lowest BCUT2D eigenvalue weighted by molar-refractivity contribution is -0.143. The number of carbonyl (C=O) groups is 2. The summed E-state index contributed by atoms with van der Waals surface area (Å²) >= 11 is 0. The van der Waals surface area contributed by atoms with Gasteiger partial charge in [0.1, 0.15) is 0 Å². The first-order chi connectivity index (χ1) is 10.1. The van der Waals surface area contributed by atoms with Crippen LogP contribution in [0.4, 0.5) is 4.79 Å². The Hall–Kier alpha value is -1.26. The molecule has 0 aromatic heterocycles. The Kier molecular flexibility index (Phi) is 5.88. The van der Waals surface area contributed by atoms with Gasteiger partial charge in [0.2, 0.25) is 0 Å². The third-order valence-electron chi connectivity index (χ3n) is 4.86. The third kappa shape index (κ3) is 4.35. The van der Waals surface area contributed by atoms with Gasteiger partial charge < -0.3 is 14.9 Å². The Morgan fingerprint density at radius 1 is 1.05 bits per heavy atom. The fourth-order valence-electron chi connectivity index (χ4n) is 3.61. The van der Waals surface area contributed by atoms with Crippen LogP contribution in [0.25, 0.3) is 0 Å². The van der Waals surface area contributed by atoms with E-state index in [-0.39, 0.29) is 11.9 Å². The van der Waals surface area contributed by atoms with Crippen molar-refractivity contribution in [1.29, 1.82) is 0 Å². The Morgan fingerprint density at radius 3 is 2.48 bits per heavy atom. The zero-order valence-electron chi connectivity index (χ0n) is 13.1. The first kappa shape index (κ1) is 16.1. The molecule has 120 valence electrons. The largest absolute Gasteiger partial charge is 0.481 e. The predicted molar refractivity (Wildman–Crippen MR) is 81.2 cm³/mol. The monoisotopic (exact) mass is 296 g/mol. The van der Waals surface area contributed by atoms with Crippen LogP contribution in [0, 0.1) is 11.8 Å². The molecule has 1 unspecified atom stereocenters. The molecule has 0 aromatic carbocycles. The van der Waals surface area contributed by atoms with Gasteiger partial charge in [-0.15, -0.1) is 0 Å². The van der Waals surface area contributed by atoms with Gasteiger partial charge in [0.25, 0.3) is 0 Å². The summed E-state index contributed by atoms with van der Waals surface area (Å²) in [6.07, 6.45) is 7.35. The molecule has 2 rings (SSSR count). The van der Waals surface area contributed by atoms with Gasteiger partial charge in [-0.05, 0) is 38.0 Å². The molecule has 5 heteroatoms. The lowest BCUT2D eigenvalue weighted by Crippen LogP contribution is -2.49. The van der Waals surface area contributed by atoms with Crippen LogP contribution in [0.5, 0.6) is 0 Å². The second-order valence-corrected chi connectivity index (χ2v) is 6.48. The summed E-state index contributed by atoms with van der Waals surface area (Å²) in [4.78, 5) is 27.4. The molecule has 2 atom stereocenters.